The number of carbonyl (C=O) groups excluding carboxylic acids is 1. The smallest absolute Gasteiger partial charge is 0.416 e. The van der Waals surface area contributed by atoms with Crippen LogP contribution in [0.4, 0.5) is 18.9 Å². The van der Waals surface area contributed by atoms with Crippen LogP contribution in [-0.4, -0.2) is 37.6 Å². The number of nitro groups is 1. The molecule has 2 rings (SSSR count). The molecule has 0 aliphatic rings. The van der Waals surface area contributed by atoms with Crippen molar-refractivity contribution in [3.63, 3.8) is 0 Å². The van der Waals surface area contributed by atoms with E-state index in [1.54, 1.807) is 0 Å². The second kappa shape index (κ2) is 9.61. The summed E-state index contributed by atoms with van der Waals surface area (Å²) < 4.78 is 77.3. The molecule has 0 N–H and O–H groups in total. The number of halogens is 4. The van der Waals surface area contributed by atoms with Gasteiger partial charge in [0.1, 0.15) is 11.5 Å². The maximum Gasteiger partial charge on any atom is 0.416 e. The molecule has 1 atom stereocenters. The van der Waals surface area contributed by atoms with E-state index >= 15 is 0 Å². The number of nitro benzene ring substituents is 1. The van der Waals surface area contributed by atoms with E-state index in [-0.39, 0.29) is 18.1 Å². The molecule has 0 radical (unpaired) electrons. The van der Waals surface area contributed by atoms with Crippen molar-refractivity contribution < 1.29 is 45.5 Å². The number of rotatable bonds is 8. The zero-order valence-corrected chi connectivity index (χ0v) is 18.0. The fourth-order valence-corrected chi connectivity index (χ4v) is 3.24. The molecular formula is C18H15ClF3NO8S. The largest absolute Gasteiger partial charge is 0.462 e. The van der Waals surface area contributed by atoms with E-state index in [4.69, 9.17) is 21.1 Å². The number of hydrogen-bond donors (Lipinski definition) is 0. The van der Waals surface area contributed by atoms with Crippen molar-refractivity contribution in [2.75, 3.05) is 12.9 Å². The van der Waals surface area contributed by atoms with Crippen molar-refractivity contribution in [2.24, 2.45) is 0 Å². The van der Waals surface area contributed by atoms with E-state index in [0.29, 0.717) is 18.4 Å². The average molecular weight is 498 g/mol. The molecule has 0 aliphatic heterocycles. The highest BCUT2D eigenvalue weighted by atomic mass is 35.5. The summed E-state index contributed by atoms with van der Waals surface area (Å²) in [6, 6.07) is 5.14. The van der Waals surface area contributed by atoms with Gasteiger partial charge >= 0.3 is 17.8 Å². The lowest BCUT2D eigenvalue weighted by molar-refractivity contribution is -0.385. The summed E-state index contributed by atoms with van der Waals surface area (Å²) >= 11 is 5.82. The van der Waals surface area contributed by atoms with Crippen LogP contribution in [0.15, 0.2) is 36.4 Å². The van der Waals surface area contributed by atoms with Gasteiger partial charge in [-0.2, -0.15) is 13.2 Å². The highest BCUT2D eigenvalue weighted by molar-refractivity contribution is 7.91. The quantitative estimate of drug-likeness (QED) is 0.299. The lowest BCUT2D eigenvalue weighted by Crippen LogP contribution is -2.36. The number of esters is 1. The van der Waals surface area contributed by atoms with E-state index in [2.05, 4.69) is 4.74 Å². The number of ether oxygens (including phenoxy) is 3. The molecule has 32 heavy (non-hydrogen) atoms. The molecule has 14 heteroatoms. The number of alkyl halides is 3. The van der Waals surface area contributed by atoms with Gasteiger partial charge < -0.3 is 14.2 Å². The Morgan fingerprint density at radius 3 is 2.34 bits per heavy atom. The Kier molecular flexibility index (Phi) is 7.57. The van der Waals surface area contributed by atoms with Crippen LogP contribution in [0.25, 0.3) is 0 Å². The van der Waals surface area contributed by atoms with Gasteiger partial charge in [-0.3, -0.25) is 10.1 Å². The lowest BCUT2D eigenvalue weighted by Gasteiger charge is -2.17. The molecule has 2 aromatic carbocycles. The third-order valence-corrected chi connectivity index (χ3v) is 5.08. The topological polar surface area (TPSA) is 122 Å². The van der Waals surface area contributed by atoms with Crippen LogP contribution in [-0.2, 0) is 25.5 Å². The number of carbonyl (C=O) groups is 1. The SMILES string of the molecule is CCOC(=O)C(Oc1cc(Oc2ccc(C(F)(F)F)cc2Cl)ccc1[N+](=O)[O-])S(C)(=O)=O. The third-order valence-electron chi connectivity index (χ3n) is 3.72. The first kappa shape index (κ1) is 25.2. The van der Waals surface area contributed by atoms with Gasteiger partial charge in [-0.25, -0.2) is 13.2 Å². The average Bonchev–Trinajstić information content (AvgIpc) is 2.66. The molecule has 0 spiro atoms. The molecule has 0 saturated heterocycles. The van der Waals surface area contributed by atoms with Crippen LogP contribution in [0.5, 0.6) is 17.2 Å². The Morgan fingerprint density at radius 2 is 1.84 bits per heavy atom. The minimum Gasteiger partial charge on any atom is -0.462 e. The summed E-state index contributed by atoms with van der Waals surface area (Å²) in [5, 5.41) is 10.9. The van der Waals surface area contributed by atoms with Crippen molar-refractivity contribution >= 4 is 33.1 Å². The Morgan fingerprint density at radius 1 is 1.19 bits per heavy atom. The van der Waals surface area contributed by atoms with Gasteiger partial charge in [-0.15, -0.1) is 0 Å². The van der Waals surface area contributed by atoms with Gasteiger partial charge in [0.15, 0.2) is 9.84 Å². The molecule has 0 aliphatic carbocycles. The molecule has 0 aromatic heterocycles. The molecule has 1 unspecified atom stereocenters. The van der Waals surface area contributed by atoms with Gasteiger partial charge in [-0.05, 0) is 31.2 Å². The highest BCUT2D eigenvalue weighted by Crippen LogP contribution is 2.39. The summed E-state index contributed by atoms with van der Waals surface area (Å²) in [7, 11) is -4.21. The maximum atomic E-state index is 12.8. The van der Waals surface area contributed by atoms with E-state index < -0.39 is 54.4 Å². The molecular weight excluding hydrogens is 483 g/mol. The summed E-state index contributed by atoms with van der Waals surface area (Å²) in [5.74, 6) is -2.35. The Hall–Kier alpha value is -3.06. The molecule has 0 saturated carbocycles. The summed E-state index contributed by atoms with van der Waals surface area (Å²) in [5.41, 5.74) is -3.92. The summed E-state index contributed by atoms with van der Waals surface area (Å²) in [6.07, 6.45) is -3.97. The second-order valence-electron chi connectivity index (χ2n) is 6.16. The Balaban J connectivity index is 2.44. The zero-order valence-electron chi connectivity index (χ0n) is 16.4. The number of sulfone groups is 1. The minimum atomic E-state index is -4.63. The van der Waals surface area contributed by atoms with Crippen molar-refractivity contribution in [3.8, 4) is 17.2 Å². The first-order valence-corrected chi connectivity index (χ1v) is 10.9. The number of benzene rings is 2. The monoisotopic (exact) mass is 497 g/mol. The third kappa shape index (κ3) is 6.23. The fraction of sp³-hybridized carbons (Fsp3) is 0.278. The van der Waals surface area contributed by atoms with Crippen molar-refractivity contribution in [3.05, 3.63) is 57.1 Å². The molecule has 0 fully saturated rings. The molecule has 174 valence electrons. The lowest BCUT2D eigenvalue weighted by atomic mass is 10.2. The Bertz CT molecular complexity index is 1140. The van der Waals surface area contributed by atoms with Gasteiger partial charge in [0, 0.05) is 18.4 Å². The molecule has 0 bridgehead atoms. The van der Waals surface area contributed by atoms with Crippen LogP contribution in [0.2, 0.25) is 5.02 Å². The van der Waals surface area contributed by atoms with E-state index in [1.165, 1.54) is 6.92 Å². The zero-order chi connectivity index (χ0) is 24.3. The standard InChI is InChI=1S/C18H15ClF3NO8S/c1-3-29-16(24)17(32(2,27)28)31-15-9-11(5-6-13(15)23(25)26)30-14-7-4-10(8-12(14)19)18(20,21)22/h4-9,17H,3H2,1-2H3. The highest BCUT2D eigenvalue weighted by Gasteiger charge is 2.35. The number of hydrogen-bond acceptors (Lipinski definition) is 8. The predicted molar refractivity (Wildman–Crippen MR) is 106 cm³/mol. The van der Waals surface area contributed by atoms with E-state index in [9.17, 15) is 36.5 Å². The number of nitrogens with zero attached hydrogens (tertiary/aromatic N) is 1. The first-order valence-electron chi connectivity index (χ1n) is 8.59. The van der Waals surface area contributed by atoms with Gasteiger partial charge in [0.25, 0.3) is 5.44 Å². The molecule has 0 heterocycles. The second-order valence-corrected chi connectivity index (χ2v) is 8.66. The molecule has 9 nitrogen and oxygen atoms in total. The van der Waals surface area contributed by atoms with Crippen LogP contribution in [0, 0.1) is 10.1 Å². The Labute approximate surface area is 184 Å². The minimum absolute atomic E-state index is 0.175. The van der Waals surface area contributed by atoms with Crippen LogP contribution in [0.3, 0.4) is 0 Å². The van der Waals surface area contributed by atoms with Gasteiger partial charge in [-0.1, -0.05) is 11.6 Å². The molecule has 0 amide bonds. The van der Waals surface area contributed by atoms with Crippen LogP contribution in [0.1, 0.15) is 12.5 Å². The molecule has 2 aromatic rings. The maximum absolute atomic E-state index is 12.8. The van der Waals surface area contributed by atoms with Gasteiger partial charge in [0.2, 0.25) is 5.75 Å². The van der Waals surface area contributed by atoms with Crippen LogP contribution >= 0.6 is 11.6 Å². The van der Waals surface area contributed by atoms with Crippen LogP contribution < -0.4 is 9.47 Å². The van der Waals surface area contributed by atoms with Crippen molar-refractivity contribution in [2.45, 2.75) is 18.5 Å². The first-order chi connectivity index (χ1) is 14.7. The fourth-order valence-electron chi connectivity index (χ4n) is 2.33. The van der Waals surface area contributed by atoms with E-state index in [1.807, 2.05) is 0 Å². The van der Waals surface area contributed by atoms with Crippen molar-refractivity contribution in [1.82, 2.24) is 0 Å². The van der Waals surface area contributed by atoms with E-state index in [0.717, 1.165) is 24.3 Å². The van der Waals surface area contributed by atoms with Crippen molar-refractivity contribution in [1.29, 1.82) is 0 Å². The summed E-state index contributed by atoms with van der Waals surface area (Å²) in [6.45, 7) is 1.24. The van der Waals surface area contributed by atoms with Gasteiger partial charge in [0.05, 0.1) is 22.1 Å². The normalized spacial score (nSPS) is 12.7. The predicted octanol–water partition coefficient (Wildman–Crippen LogP) is 4.37. The summed E-state index contributed by atoms with van der Waals surface area (Å²) in [4.78, 5) is 22.4.